The van der Waals surface area contributed by atoms with Crippen LogP contribution in [0.5, 0.6) is 5.75 Å². The summed E-state index contributed by atoms with van der Waals surface area (Å²) in [6.07, 6.45) is 0.943. The van der Waals surface area contributed by atoms with Crippen molar-refractivity contribution < 1.29 is 9.53 Å². The monoisotopic (exact) mass is 414 g/mol. The number of benzene rings is 3. The van der Waals surface area contributed by atoms with E-state index in [2.05, 4.69) is 48.4 Å². The molecule has 0 fully saturated rings. The summed E-state index contributed by atoms with van der Waals surface area (Å²) in [5, 5.41) is 12.1. The molecule has 0 unspecified atom stereocenters. The molecule has 0 aliphatic heterocycles. The number of anilines is 1. The van der Waals surface area contributed by atoms with Crippen LogP contribution in [0.1, 0.15) is 49.0 Å². The van der Waals surface area contributed by atoms with E-state index in [-0.39, 0.29) is 5.91 Å². The molecule has 0 saturated heterocycles. The Balaban J connectivity index is 1.49. The van der Waals surface area contributed by atoms with E-state index in [1.165, 1.54) is 5.56 Å². The maximum absolute atomic E-state index is 12.6. The molecule has 0 aliphatic carbocycles. The van der Waals surface area contributed by atoms with Crippen LogP contribution in [0.4, 0.5) is 5.69 Å². The maximum atomic E-state index is 12.6. The van der Waals surface area contributed by atoms with Gasteiger partial charge in [0.1, 0.15) is 16.8 Å². The van der Waals surface area contributed by atoms with Crippen LogP contribution >= 0.6 is 0 Å². The first kappa shape index (κ1) is 20.6. The van der Waals surface area contributed by atoms with E-state index in [0.29, 0.717) is 29.3 Å². The van der Waals surface area contributed by atoms with Gasteiger partial charge >= 0.3 is 0 Å². The number of ether oxygens (including phenoxy) is 1. The van der Waals surface area contributed by atoms with Gasteiger partial charge in [0.2, 0.25) is 0 Å². The molecule has 6 heteroatoms. The largest absolute Gasteiger partial charge is 0.494 e. The van der Waals surface area contributed by atoms with Gasteiger partial charge in [0.25, 0.3) is 5.91 Å². The Labute approximate surface area is 181 Å². The highest BCUT2D eigenvalue weighted by Gasteiger charge is 2.10. The lowest BCUT2D eigenvalue weighted by Gasteiger charge is -2.07. The summed E-state index contributed by atoms with van der Waals surface area (Å²) in [5.74, 6) is 1.06. The Kier molecular flexibility index (Phi) is 5.98. The van der Waals surface area contributed by atoms with E-state index in [1.54, 1.807) is 16.9 Å². The highest BCUT2D eigenvalue weighted by molar-refractivity contribution is 6.05. The number of rotatable bonds is 7. The lowest BCUT2D eigenvalue weighted by atomic mass is 10.0. The number of nitrogens with zero attached hydrogens (tertiary/aromatic N) is 3. The molecule has 3 aromatic carbocycles. The van der Waals surface area contributed by atoms with E-state index in [4.69, 9.17) is 4.74 Å². The van der Waals surface area contributed by atoms with E-state index >= 15 is 0 Å². The van der Waals surface area contributed by atoms with E-state index in [0.717, 1.165) is 23.4 Å². The van der Waals surface area contributed by atoms with Crippen molar-refractivity contribution in [2.45, 2.75) is 33.1 Å². The van der Waals surface area contributed by atoms with Crippen molar-refractivity contribution in [2.75, 3.05) is 11.9 Å². The zero-order valence-electron chi connectivity index (χ0n) is 18.0. The maximum Gasteiger partial charge on any atom is 0.255 e. The van der Waals surface area contributed by atoms with Crippen LogP contribution < -0.4 is 10.1 Å². The molecule has 1 heterocycles. The molecule has 0 aliphatic rings. The molecule has 0 radical (unpaired) electrons. The average Bonchev–Trinajstić information content (AvgIpc) is 3.21. The van der Waals surface area contributed by atoms with Gasteiger partial charge in [0.15, 0.2) is 0 Å². The predicted molar refractivity (Wildman–Crippen MR) is 123 cm³/mol. The molecule has 1 aromatic heterocycles. The summed E-state index contributed by atoms with van der Waals surface area (Å²) in [6.45, 7) is 7.05. The molecular formula is C25H26N4O2. The molecule has 0 spiro atoms. The van der Waals surface area contributed by atoms with E-state index in [9.17, 15) is 4.79 Å². The Hall–Kier alpha value is -3.67. The molecule has 31 heavy (non-hydrogen) atoms. The van der Waals surface area contributed by atoms with Crippen LogP contribution in [0.25, 0.3) is 16.7 Å². The Morgan fingerprint density at radius 3 is 2.35 bits per heavy atom. The number of aromatic nitrogens is 3. The minimum atomic E-state index is -0.182. The second kappa shape index (κ2) is 9.00. The van der Waals surface area contributed by atoms with Gasteiger partial charge in [0, 0.05) is 11.3 Å². The first-order chi connectivity index (χ1) is 15.0. The number of nitrogens with one attached hydrogen (secondary N) is 1. The number of hydrogen-bond donors (Lipinski definition) is 1. The fourth-order valence-electron chi connectivity index (χ4n) is 3.23. The normalized spacial score (nSPS) is 11.1. The highest BCUT2D eigenvalue weighted by Crippen LogP contribution is 2.20. The fraction of sp³-hybridized carbons (Fsp3) is 0.240. The molecule has 1 amide bonds. The summed E-state index contributed by atoms with van der Waals surface area (Å²) in [7, 11) is 0. The quantitative estimate of drug-likeness (QED) is 0.428. The third-order valence-corrected chi connectivity index (χ3v) is 5.02. The molecule has 4 rings (SSSR count). The van der Waals surface area contributed by atoms with Gasteiger partial charge in [-0.2, -0.15) is 4.80 Å². The smallest absolute Gasteiger partial charge is 0.255 e. The minimum Gasteiger partial charge on any atom is -0.494 e. The first-order valence-electron chi connectivity index (χ1n) is 10.5. The van der Waals surface area contributed by atoms with Gasteiger partial charge in [-0.15, -0.1) is 10.2 Å². The zero-order chi connectivity index (χ0) is 21.8. The Morgan fingerprint density at radius 1 is 0.968 bits per heavy atom. The average molecular weight is 415 g/mol. The standard InChI is InChI=1S/C25H26N4O2/c1-4-15-31-22-12-7-19(8-13-22)25(30)26-20-9-14-23-24(16-20)28-29(27-23)21-10-5-18(6-11-21)17(2)3/h5-14,16-17H,4,15H2,1-3H3,(H,26,30). The lowest BCUT2D eigenvalue weighted by Crippen LogP contribution is -2.11. The van der Waals surface area contributed by atoms with Gasteiger partial charge in [0.05, 0.1) is 12.3 Å². The Morgan fingerprint density at radius 2 is 1.68 bits per heavy atom. The molecule has 0 saturated carbocycles. The highest BCUT2D eigenvalue weighted by atomic mass is 16.5. The van der Waals surface area contributed by atoms with Crippen molar-refractivity contribution in [3.8, 4) is 11.4 Å². The second-order valence-corrected chi connectivity index (χ2v) is 7.77. The van der Waals surface area contributed by atoms with Crippen LogP contribution in [-0.4, -0.2) is 27.5 Å². The molecular weight excluding hydrogens is 388 g/mol. The molecule has 158 valence electrons. The SMILES string of the molecule is CCCOc1ccc(C(=O)Nc2ccc3nn(-c4ccc(C(C)C)cc4)nc3c2)cc1. The summed E-state index contributed by atoms with van der Waals surface area (Å²) >= 11 is 0. The van der Waals surface area contributed by atoms with Crippen LogP contribution in [0, 0.1) is 0 Å². The van der Waals surface area contributed by atoms with Gasteiger partial charge in [-0.1, -0.05) is 32.9 Å². The minimum absolute atomic E-state index is 0.182. The number of carbonyl (C=O) groups is 1. The predicted octanol–water partition coefficient (Wildman–Crippen LogP) is 5.59. The van der Waals surface area contributed by atoms with E-state index < -0.39 is 0 Å². The van der Waals surface area contributed by atoms with Gasteiger partial charge < -0.3 is 10.1 Å². The first-order valence-corrected chi connectivity index (χ1v) is 10.5. The molecule has 4 aromatic rings. The summed E-state index contributed by atoms with van der Waals surface area (Å²) in [6, 6.07) is 20.9. The number of hydrogen-bond acceptors (Lipinski definition) is 4. The van der Waals surface area contributed by atoms with Crippen LogP contribution in [0.2, 0.25) is 0 Å². The van der Waals surface area contributed by atoms with Gasteiger partial charge in [-0.3, -0.25) is 4.79 Å². The Bertz CT molecular complexity index is 1180. The summed E-state index contributed by atoms with van der Waals surface area (Å²) in [4.78, 5) is 14.2. The van der Waals surface area contributed by atoms with Gasteiger partial charge in [-0.05, 0) is 72.5 Å². The van der Waals surface area contributed by atoms with Crippen molar-refractivity contribution in [3.05, 3.63) is 77.9 Å². The third kappa shape index (κ3) is 4.74. The second-order valence-electron chi connectivity index (χ2n) is 7.77. The molecule has 6 nitrogen and oxygen atoms in total. The van der Waals surface area contributed by atoms with Crippen LogP contribution in [0.3, 0.4) is 0 Å². The topological polar surface area (TPSA) is 69.0 Å². The van der Waals surface area contributed by atoms with Crippen molar-refractivity contribution in [3.63, 3.8) is 0 Å². The van der Waals surface area contributed by atoms with Crippen molar-refractivity contribution in [1.29, 1.82) is 0 Å². The van der Waals surface area contributed by atoms with Crippen LogP contribution in [-0.2, 0) is 0 Å². The number of fused-ring (bicyclic) bond motifs is 1. The lowest BCUT2D eigenvalue weighted by molar-refractivity contribution is 0.102. The zero-order valence-corrected chi connectivity index (χ0v) is 18.0. The van der Waals surface area contributed by atoms with Crippen LogP contribution in [0.15, 0.2) is 66.7 Å². The number of carbonyl (C=O) groups excluding carboxylic acids is 1. The van der Waals surface area contributed by atoms with Crippen molar-refractivity contribution in [2.24, 2.45) is 0 Å². The third-order valence-electron chi connectivity index (χ3n) is 5.02. The van der Waals surface area contributed by atoms with Gasteiger partial charge in [-0.25, -0.2) is 0 Å². The fourth-order valence-corrected chi connectivity index (χ4v) is 3.23. The molecule has 0 bridgehead atoms. The van der Waals surface area contributed by atoms with Crippen molar-refractivity contribution in [1.82, 2.24) is 15.0 Å². The molecule has 1 N–H and O–H groups in total. The summed E-state index contributed by atoms with van der Waals surface area (Å²) in [5.41, 5.74) is 4.90. The van der Waals surface area contributed by atoms with E-state index in [1.807, 2.05) is 42.5 Å². The summed E-state index contributed by atoms with van der Waals surface area (Å²) < 4.78 is 5.56. The molecule has 0 atom stereocenters. The number of amides is 1. The van der Waals surface area contributed by atoms with Crippen molar-refractivity contribution >= 4 is 22.6 Å².